The van der Waals surface area contributed by atoms with Crippen molar-refractivity contribution in [3.63, 3.8) is 0 Å². The van der Waals surface area contributed by atoms with Crippen molar-refractivity contribution >= 4 is 11.6 Å². The molecule has 1 aromatic rings. The highest BCUT2D eigenvalue weighted by Crippen LogP contribution is 2.29. The van der Waals surface area contributed by atoms with Gasteiger partial charge in [-0.2, -0.15) is 0 Å². The Morgan fingerprint density at radius 1 is 1.21 bits per heavy atom. The van der Waals surface area contributed by atoms with Crippen molar-refractivity contribution in [1.29, 1.82) is 0 Å². The van der Waals surface area contributed by atoms with Crippen molar-refractivity contribution in [3.05, 3.63) is 70.8 Å². The molecule has 0 aliphatic heterocycles. The summed E-state index contributed by atoms with van der Waals surface area (Å²) in [5.74, 6) is 5.44. The zero-order valence-corrected chi connectivity index (χ0v) is 23.1. The molecule has 0 heterocycles. The topological polar surface area (TPSA) is 0 Å². The van der Waals surface area contributed by atoms with Crippen molar-refractivity contribution < 1.29 is 0 Å². The molecule has 1 fully saturated rings. The number of benzene rings is 1. The monoisotopic (exact) mass is 468 g/mol. The fourth-order valence-electron chi connectivity index (χ4n) is 4.13. The van der Waals surface area contributed by atoms with Crippen molar-refractivity contribution in [2.75, 3.05) is 0 Å². The second-order valence-electron chi connectivity index (χ2n) is 9.72. The number of aryl methyl sites for hydroxylation is 1. The molecule has 1 aromatic carbocycles. The largest absolute Gasteiger partial charge is 0.120 e. The molecule has 2 rings (SSSR count). The van der Waals surface area contributed by atoms with Gasteiger partial charge < -0.3 is 0 Å². The number of rotatable bonds is 9. The molecule has 3 unspecified atom stereocenters. The Labute approximate surface area is 211 Å². The SMILES string of the molecule is C#CCC/C(C)=C/C=C\C=C.CC1CCC(C)C1.CCCC(CC)Cc1ccc(C)cc1Cl. The maximum Gasteiger partial charge on any atom is 0.0440 e. The summed E-state index contributed by atoms with van der Waals surface area (Å²) in [5.41, 5.74) is 3.86. The van der Waals surface area contributed by atoms with Crippen LogP contribution >= 0.6 is 11.6 Å². The van der Waals surface area contributed by atoms with Crippen LogP contribution in [0.2, 0.25) is 5.02 Å². The van der Waals surface area contributed by atoms with Crippen molar-refractivity contribution in [2.24, 2.45) is 17.8 Å². The third-order valence-electron chi connectivity index (χ3n) is 6.24. The lowest BCUT2D eigenvalue weighted by Gasteiger charge is -2.14. The van der Waals surface area contributed by atoms with Gasteiger partial charge in [0.05, 0.1) is 0 Å². The first-order valence-corrected chi connectivity index (χ1v) is 13.3. The molecule has 3 atom stereocenters. The molecule has 0 amide bonds. The van der Waals surface area contributed by atoms with E-state index in [-0.39, 0.29) is 0 Å². The molecule has 0 radical (unpaired) electrons. The minimum Gasteiger partial charge on any atom is -0.120 e. The number of allylic oxidation sites excluding steroid dienone is 5. The quantitative estimate of drug-likeness (QED) is 0.249. The summed E-state index contributed by atoms with van der Waals surface area (Å²) in [6.07, 6.45) is 24.0. The van der Waals surface area contributed by atoms with Crippen LogP contribution in [-0.2, 0) is 6.42 Å². The molecule has 184 valence electrons. The maximum atomic E-state index is 6.23. The van der Waals surface area contributed by atoms with Crippen LogP contribution in [-0.4, -0.2) is 0 Å². The van der Waals surface area contributed by atoms with Crippen LogP contribution in [0.3, 0.4) is 0 Å². The second-order valence-corrected chi connectivity index (χ2v) is 10.1. The molecular weight excluding hydrogens is 420 g/mol. The molecule has 0 N–H and O–H groups in total. The average Bonchev–Trinajstić information content (AvgIpc) is 3.17. The molecule has 33 heavy (non-hydrogen) atoms. The maximum absolute atomic E-state index is 6.23. The van der Waals surface area contributed by atoms with Gasteiger partial charge in [-0.1, -0.05) is 120 Å². The molecular formula is C32H49Cl. The zero-order valence-electron chi connectivity index (χ0n) is 22.3. The van der Waals surface area contributed by atoms with E-state index in [1.54, 1.807) is 6.08 Å². The van der Waals surface area contributed by atoms with E-state index in [0.717, 1.165) is 42.0 Å². The van der Waals surface area contributed by atoms with Crippen LogP contribution in [0.25, 0.3) is 0 Å². The van der Waals surface area contributed by atoms with Gasteiger partial charge in [0.25, 0.3) is 0 Å². The van der Waals surface area contributed by atoms with Crippen LogP contribution in [0, 0.1) is 37.0 Å². The van der Waals surface area contributed by atoms with Gasteiger partial charge in [0.1, 0.15) is 0 Å². The Hall–Kier alpha value is -1.71. The minimum atomic E-state index is 0.787. The molecule has 1 aliphatic carbocycles. The smallest absolute Gasteiger partial charge is 0.0440 e. The van der Waals surface area contributed by atoms with E-state index >= 15 is 0 Å². The molecule has 0 spiro atoms. The van der Waals surface area contributed by atoms with Gasteiger partial charge >= 0.3 is 0 Å². The summed E-state index contributed by atoms with van der Waals surface area (Å²) in [7, 11) is 0. The lowest BCUT2D eigenvalue weighted by Crippen LogP contribution is -2.03. The van der Waals surface area contributed by atoms with Gasteiger partial charge in [-0.05, 0) is 68.1 Å². The summed E-state index contributed by atoms with van der Waals surface area (Å²) in [5, 5.41) is 0.935. The summed E-state index contributed by atoms with van der Waals surface area (Å²) >= 11 is 6.23. The Bertz CT molecular complexity index is 738. The molecule has 0 nitrogen and oxygen atoms in total. The summed E-state index contributed by atoms with van der Waals surface area (Å²) in [6.45, 7) is 16.9. The Kier molecular flexibility index (Phi) is 18.7. The van der Waals surface area contributed by atoms with E-state index in [0.29, 0.717) is 0 Å². The summed E-state index contributed by atoms with van der Waals surface area (Å²) < 4.78 is 0. The normalized spacial score (nSPS) is 18.5. The van der Waals surface area contributed by atoms with E-state index in [1.165, 1.54) is 55.2 Å². The molecule has 0 bridgehead atoms. The van der Waals surface area contributed by atoms with Gasteiger partial charge in [0, 0.05) is 11.4 Å². The summed E-state index contributed by atoms with van der Waals surface area (Å²) in [4.78, 5) is 0. The second kappa shape index (κ2) is 19.7. The van der Waals surface area contributed by atoms with E-state index < -0.39 is 0 Å². The fourth-order valence-corrected chi connectivity index (χ4v) is 4.44. The van der Waals surface area contributed by atoms with Gasteiger partial charge in [0.15, 0.2) is 0 Å². The van der Waals surface area contributed by atoms with Gasteiger partial charge in [-0.25, -0.2) is 0 Å². The Morgan fingerprint density at radius 3 is 2.33 bits per heavy atom. The Balaban J connectivity index is 0.000000498. The van der Waals surface area contributed by atoms with Gasteiger partial charge in [-0.15, -0.1) is 12.3 Å². The minimum absolute atomic E-state index is 0.787. The molecule has 0 saturated heterocycles. The molecule has 1 heteroatoms. The van der Waals surface area contributed by atoms with Crippen molar-refractivity contribution in [2.45, 2.75) is 99.3 Å². The lowest BCUT2D eigenvalue weighted by atomic mass is 9.92. The zero-order chi connectivity index (χ0) is 25.1. The number of terminal acetylenes is 1. The first-order chi connectivity index (χ1) is 15.8. The summed E-state index contributed by atoms with van der Waals surface area (Å²) in [6, 6.07) is 6.39. The van der Waals surface area contributed by atoms with Crippen molar-refractivity contribution in [3.8, 4) is 12.3 Å². The van der Waals surface area contributed by atoms with E-state index in [9.17, 15) is 0 Å². The predicted molar refractivity (Wildman–Crippen MR) is 152 cm³/mol. The number of hydrogen-bond acceptors (Lipinski definition) is 0. The molecule has 1 aliphatic rings. The highest BCUT2D eigenvalue weighted by atomic mass is 35.5. The fraction of sp³-hybridized carbons (Fsp3) is 0.562. The van der Waals surface area contributed by atoms with Gasteiger partial charge in [0.2, 0.25) is 0 Å². The highest BCUT2D eigenvalue weighted by Gasteiger charge is 2.16. The van der Waals surface area contributed by atoms with Crippen LogP contribution in [0.1, 0.15) is 97.1 Å². The first kappa shape index (κ1) is 31.3. The van der Waals surface area contributed by atoms with E-state index in [4.69, 9.17) is 18.0 Å². The third kappa shape index (κ3) is 16.5. The van der Waals surface area contributed by atoms with E-state index in [2.05, 4.69) is 78.3 Å². The van der Waals surface area contributed by atoms with Gasteiger partial charge in [-0.3, -0.25) is 0 Å². The van der Waals surface area contributed by atoms with Crippen LogP contribution in [0.4, 0.5) is 0 Å². The van der Waals surface area contributed by atoms with Crippen LogP contribution in [0.15, 0.2) is 54.7 Å². The molecule has 1 saturated carbocycles. The van der Waals surface area contributed by atoms with E-state index in [1.807, 2.05) is 12.2 Å². The molecule has 0 aromatic heterocycles. The van der Waals surface area contributed by atoms with Crippen LogP contribution in [0.5, 0.6) is 0 Å². The van der Waals surface area contributed by atoms with Crippen LogP contribution < -0.4 is 0 Å². The Morgan fingerprint density at radius 2 is 1.88 bits per heavy atom. The number of halogens is 1. The lowest BCUT2D eigenvalue weighted by molar-refractivity contribution is 0.462. The third-order valence-corrected chi connectivity index (χ3v) is 6.59. The standard InChI is InChI=1S/C14H21Cl.C11H14.C7H14/c1-4-6-12(5-2)10-13-8-7-11(3)9-14(13)15;1-4-6-8-10-11(3)9-7-5-2;1-6-3-4-7(2)5-6/h7-9,12H,4-6,10H2,1-3H3;2,4,6,8,10H,1,7,9H2,3H3;6-7H,3-5H2,1-2H3/b;8-6-,11-10+;. The highest BCUT2D eigenvalue weighted by molar-refractivity contribution is 6.31. The number of hydrogen-bond donors (Lipinski definition) is 0. The van der Waals surface area contributed by atoms with Crippen molar-refractivity contribution in [1.82, 2.24) is 0 Å². The predicted octanol–water partition coefficient (Wildman–Crippen LogP) is 10.5. The average molecular weight is 469 g/mol. The first-order valence-electron chi connectivity index (χ1n) is 12.9.